The van der Waals surface area contributed by atoms with Crippen LogP contribution in [-0.4, -0.2) is 25.2 Å². The third kappa shape index (κ3) is 3.25. The second-order valence-corrected chi connectivity index (χ2v) is 4.52. The number of aromatic hydroxyl groups is 1. The maximum Gasteiger partial charge on any atom is 0.255 e. The van der Waals surface area contributed by atoms with E-state index < -0.39 is 0 Å². The van der Waals surface area contributed by atoms with Crippen LogP contribution in [0, 0.1) is 6.92 Å². The molecule has 0 aliphatic carbocycles. The van der Waals surface area contributed by atoms with Gasteiger partial charge in [0.1, 0.15) is 5.75 Å². The van der Waals surface area contributed by atoms with Gasteiger partial charge in [-0.05, 0) is 48.9 Å². The minimum Gasteiger partial charge on any atom is -0.504 e. The Morgan fingerprint density at radius 1 is 1.10 bits per heavy atom. The Balaban J connectivity index is 2.20. The lowest BCUT2D eigenvalue weighted by Gasteiger charge is -2.11. The van der Waals surface area contributed by atoms with Crippen LogP contribution in [0.15, 0.2) is 36.4 Å². The van der Waals surface area contributed by atoms with Crippen LogP contribution in [0.5, 0.6) is 17.2 Å². The standard InChI is InChI=1S/C16H17NO4/c1-10-8-12(20-2)5-6-13(10)17-16(19)11-4-7-15(21-3)14(18)9-11/h4-9,18H,1-3H3,(H,17,19). The number of benzene rings is 2. The van der Waals surface area contributed by atoms with Crippen molar-refractivity contribution in [3.8, 4) is 17.2 Å². The Hall–Kier alpha value is -2.69. The number of carbonyl (C=O) groups is 1. The molecule has 1 amide bonds. The molecule has 110 valence electrons. The summed E-state index contributed by atoms with van der Waals surface area (Å²) in [6.07, 6.45) is 0. The summed E-state index contributed by atoms with van der Waals surface area (Å²) >= 11 is 0. The van der Waals surface area contributed by atoms with Gasteiger partial charge < -0.3 is 19.9 Å². The van der Waals surface area contributed by atoms with Crippen molar-refractivity contribution < 1.29 is 19.4 Å². The first-order valence-electron chi connectivity index (χ1n) is 6.38. The lowest BCUT2D eigenvalue weighted by Crippen LogP contribution is -2.12. The predicted octanol–water partition coefficient (Wildman–Crippen LogP) is 2.97. The van der Waals surface area contributed by atoms with Gasteiger partial charge in [-0.15, -0.1) is 0 Å². The Labute approximate surface area is 123 Å². The van der Waals surface area contributed by atoms with Crippen LogP contribution in [0.4, 0.5) is 5.69 Å². The number of hydrogen-bond donors (Lipinski definition) is 2. The summed E-state index contributed by atoms with van der Waals surface area (Å²) in [6, 6.07) is 9.88. The van der Waals surface area contributed by atoms with E-state index >= 15 is 0 Å². The van der Waals surface area contributed by atoms with Gasteiger partial charge in [0.15, 0.2) is 11.5 Å². The van der Waals surface area contributed by atoms with E-state index in [4.69, 9.17) is 9.47 Å². The maximum atomic E-state index is 12.2. The fraction of sp³-hybridized carbons (Fsp3) is 0.188. The number of phenolic OH excluding ortho intramolecular Hbond substituents is 1. The number of carbonyl (C=O) groups excluding carboxylic acids is 1. The van der Waals surface area contributed by atoms with Gasteiger partial charge in [-0.3, -0.25) is 4.79 Å². The van der Waals surface area contributed by atoms with E-state index in [1.807, 2.05) is 13.0 Å². The third-order valence-electron chi connectivity index (χ3n) is 3.12. The Bertz CT molecular complexity index is 667. The number of amides is 1. The van der Waals surface area contributed by atoms with E-state index in [1.165, 1.54) is 13.2 Å². The summed E-state index contributed by atoms with van der Waals surface area (Å²) in [5.74, 6) is 0.678. The molecule has 0 aliphatic rings. The summed E-state index contributed by atoms with van der Waals surface area (Å²) in [5, 5.41) is 12.5. The molecule has 0 fully saturated rings. The molecular weight excluding hydrogens is 270 g/mol. The zero-order chi connectivity index (χ0) is 15.4. The van der Waals surface area contributed by atoms with Crippen molar-refractivity contribution in [3.05, 3.63) is 47.5 Å². The number of hydrogen-bond acceptors (Lipinski definition) is 4. The normalized spacial score (nSPS) is 10.0. The molecule has 0 radical (unpaired) electrons. The topological polar surface area (TPSA) is 67.8 Å². The van der Waals surface area contributed by atoms with Crippen LogP contribution in [0.1, 0.15) is 15.9 Å². The maximum absolute atomic E-state index is 12.2. The number of aryl methyl sites for hydroxylation is 1. The molecule has 0 atom stereocenters. The molecular formula is C16H17NO4. The summed E-state index contributed by atoms with van der Waals surface area (Å²) in [6.45, 7) is 1.88. The molecule has 5 nitrogen and oxygen atoms in total. The molecule has 0 heterocycles. The molecule has 0 aromatic heterocycles. The molecule has 0 saturated carbocycles. The van der Waals surface area contributed by atoms with Gasteiger partial charge in [-0.2, -0.15) is 0 Å². The molecule has 21 heavy (non-hydrogen) atoms. The Kier molecular flexibility index (Phi) is 4.33. The highest BCUT2D eigenvalue weighted by Crippen LogP contribution is 2.27. The quantitative estimate of drug-likeness (QED) is 0.907. The first kappa shape index (κ1) is 14.7. The average Bonchev–Trinajstić information content (AvgIpc) is 2.49. The molecule has 0 saturated heterocycles. The van der Waals surface area contributed by atoms with Crippen LogP contribution >= 0.6 is 0 Å². The molecule has 2 rings (SSSR count). The highest BCUT2D eigenvalue weighted by atomic mass is 16.5. The van der Waals surface area contributed by atoms with E-state index in [0.717, 1.165) is 11.3 Å². The first-order valence-corrected chi connectivity index (χ1v) is 6.38. The molecule has 0 spiro atoms. The second-order valence-electron chi connectivity index (χ2n) is 4.52. The predicted molar refractivity (Wildman–Crippen MR) is 80.3 cm³/mol. The highest BCUT2D eigenvalue weighted by Gasteiger charge is 2.11. The average molecular weight is 287 g/mol. The third-order valence-corrected chi connectivity index (χ3v) is 3.12. The molecule has 2 aromatic carbocycles. The van der Waals surface area contributed by atoms with E-state index in [0.29, 0.717) is 17.0 Å². The van der Waals surface area contributed by atoms with Crippen LogP contribution in [-0.2, 0) is 0 Å². The van der Waals surface area contributed by atoms with Crippen LogP contribution in [0.25, 0.3) is 0 Å². The lowest BCUT2D eigenvalue weighted by molar-refractivity contribution is 0.102. The summed E-state index contributed by atoms with van der Waals surface area (Å²) in [7, 11) is 3.04. The van der Waals surface area contributed by atoms with E-state index in [9.17, 15) is 9.90 Å². The largest absolute Gasteiger partial charge is 0.504 e. The van der Waals surface area contributed by atoms with Crippen molar-refractivity contribution in [1.82, 2.24) is 0 Å². The number of methoxy groups -OCH3 is 2. The Morgan fingerprint density at radius 2 is 1.86 bits per heavy atom. The monoisotopic (exact) mass is 287 g/mol. The zero-order valence-corrected chi connectivity index (χ0v) is 12.1. The smallest absolute Gasteiger partial charge is 0.255 e. The fourth-order valence-corrected chi connectivity index (χ4v) is 1.93. The summed E-state index contributed by atoms with van der Waals surface area (Å²) in [4.78, 5) is 12.2. The molecule has 0 unspecified atom stereocenters. The van der Waals surface area contributed by atoms with Crippen molar-refractivity contribution >= 4 is 11.6 Å². The van der Waals surface area contributed by atoms with E-state index in [-0.39, 0.29) is 11.7 Å². The number of ether oxygens (including phenoxy) is 2. The van der Waals surface area contributed by atoms with Crippen molar-refractivity contribution in [2.45, 2.75) is 6.92 Å². The van der Waals surface area contributed by atoms with Crippen molar-refractivity contribution in [2.24, 2.45) is 0 Å². The first-order chi connectivity index (χ1) is 10.0. The van der Waals surface area contributed by atoms with Gasteiger partial charge in [0.25, 0.3) is 5.91 Å². The molecule has 5 heteroatoms. The lowest BCUT2D eigenvalue weighted by atomic mass is 10.1. The minimum absolute atomic E-state index is 0.0726. The second kappa shape index (κ2) is 6.17. The van der Waals surface area contributed by atoms with Crippen LogP contribution in [0.3, 0.4) is 0 Å². The van der Waals surface area contributed by atoms with Crippen LogP contribution < -0.4 is 14.8 Å². The Morgan fingerprint density at radius 3 is 2.43 bits per heavy atom. The van der Waals surface area contributed by atoms with Crippen molar-refractivity contribution in [3.63, 3.8) is 0 Å². The number of rotatable bonds is 4. The van der Waals surface area contributed by atoms with Gasteiger partial charge in [-0.25, -0.2) is 0 Å². The van der Waals surface area contributed by atoms with E-state index in [1.54, 1.807) is 31.4 Å². The van der Waals surface area contributed by atoms with Crippen molar-refractivity contribution in [1.29, 1.82) is 0 Å². The highest BCUT2D eigenvalue weighted by molar-refractivity contribution is 6.05. The van der Waals surface area contributed by atoms with Crippen LogP contribution in [0.2, 0.25) is 0 Å². The van der Waals surface area contributed by atoms with Crippen molar-refractivity contribution in [2.75, 3.05) is 19.5 Å². The van der Waals surface area contributed by atoms with Gasteiger partial charge in [0, 0.05) is 11.3 Å². The van der Waals surface area contributed by atoms with Gasteiger partial charge in [-0.1, -0.05) is 0 Å². The fourth-order valence-electron chi connectivity index (χ4n) is 1.93. The van der Waals surface area contributed by atoms with Gasteiger partial charge in [0.05, 0.1) is 14.2 Å². The molecule has 0 bridgehead atoms. The van der Waals surface area contributed by atoms with Gasteiger partial charge in [0.2, 0.25) is 0 Å². The molecule has 2 N–H and O–H groups in total. The SMILES string of the molecule is COc1ccc(NC(=O)c2ccc(OC)c(O)c2)c(C)c1. The summed E-state index contributed by atoms with van der Waals surface area (Å²) in [5.41, 5.74) is 1.93. The molecule has 0 aliphatic heterocycles. The number of phenols is 1. The van der Waals surface area contributed by atoms with E-state index in [2.05, 4.69) is 5.32 Å². The number of nitrogens with one attached hydrogen (secondary N) is 1. The van der Waals surface area contributed by atoms with Gasteiger partial charge >= 0.3 is 0 Å². The molecule has 2 aromatic rings. The zero-order valence-electron chi connectivity index (χ0n) is 12.1. The number of anilines is 1. The summed E-state index contributed by atoms with van der Waals surface area (Å²) < 4.78 is 10.1. The minimum atomic E-state index is -0.304.